The van der Waals surface area contributed by atoms with Crippen molar-refractivity contribution in [3.05, 3.63) is 71.5 Å². The van der Waals surface area contributed by atoms with Gasteiger partial charge in [-0.1, -0.05) is 42.0 Å². The molecular weight excluding hydrogens is 322 g/mol. The summed E-state index contributed by atoms with van der Waals surface area (Å²) >= 11 is 0. The highest BCUT2D eigenvalue weighted by Crippen LogP contribution is 2.33. The minimum atomic E-state index is 0.325. The van der Waals surface area contributed by atoms with E-state index in [0.717, 1.165) is 19.6 Å². The van der Waals surface area contributed by atoms with Gasteiger partial charge < -0.3 is 5.11 Å². The molecule has 4 heteroatoms. The second kappa shape index (κ2) is 7.34. The number of H-pyrrole nitrogens is 1. The maximum Gasteiger partial charge on any atom is 0.115 e. The van der Waals surface area contributed by atoms with Crippen LogP contribution in [0, 0.1) is 6.92 Å². The number of rotatable bonds is 4. The Labute approximate surface area is 154 Å². The molecule has 2 N–H and O–H groups in total. The lowest BCUT2D eigenvalue weighted by atomic mass is 9.90. The van der Waals surface area contributed by atoms with Gasteiger partial charge in [-0.25, -0.2) is 0 Å². The molecule has 0 bridgehead atoms. The first-order valence-electron chi connectivity index (χ1n) is 9.29. The van der Waals surface area contributed by atoms with Gasteiger partial charge in [0, 0.05) is 30.3 Å². The number of phenolic OH excluding ortho intramolecular Hbond substituents is 1. The summed E-state index contributed by atoms with van der Waals surface area (Å²) in [5.74, 6) is 0.796. The number of hydrogen-bond acceptors (Lipinski definition) is 3. The second-order valence-corrected chi connectivity index (χ2v) is 7.30. The zero-order chi connectivity index (χ0) is 17.9. The van der Waals surface area contributed by atoms with Crippen molar-refractivity contribution in [1.82, 2.24) is 15.1 Å². The standard InChI is InChI=1S/C22H25N3O/c1-16-4-8-18(9-5-16)21-13-23-24-22(21)19-3-2-12-25(15-19)14-17-6-10-20(26)11-7-17/h4-11,13,19,26H,2-3,12,14-15H2,1H3,(H,23,24)/t19-/m1/s1. The van der Waals surface area contributed by atoms with E-state index in [9.17, 15) is 5.11 Å². The minimum Gasteiger partial charge on any atom is -0.508 e. The van der Waals surface area contributed by atoms with Gasteiger partial charge in [0.05, 0.1) is 6.20 Å². The van der Waals surface area contributed by atoms with Gasteiger partial charge in [0.2, 0.25) is 0 Å². The van der Waals surface area contributed by atoms with Gasteiger partial charge in [-0.3, -0.25) is 10.00 Å². The molecule has 0 saturated carbocycles. The molecular formula is C22H25N3O. The van der Waals surface area contributed by atoms with E-state index in [2.05, 4.69) is 46.3 Å². The van der Waals surface area contributed by atoms with Gasteiger partial charge >= 0.3 is 0 Å². The molecule has 1 aliphatic heterocycles. The number of benzene rings is 2. The molecule has 1 fully saturated rings. The first-order chi connectivity index (χ1) is 12.7. The Kier molecular flexibility index (Phi) is 4.76. The van der Waals surface area contributed by atoms with Crippen molar-refractivity contribution in [2.24, 2.45) is 0 Å². The van der Waals surface area contributed by atoms with Crippen LogP contribution in [0.4, 0.5) is 0 Å². The number of likely N-dealkylation sites (tertiary alicyclic amines) is 1. The summed E-state index contributed by atoms with van der Waals surface area (Å²) in [6.45, 7) is 5.18. The van der Waals surface area contributed by atoms with Gasteiger partial charge in [0.25, 0.3) is 0 Å². The number of nitrogens with one attached hydrogen (secondary N) is 1. The average Bonchev–Trinajstić information content (AvgIpc) is 3.14. The smallest absolute Gasteiger partial charge is 0.115 e. The lowest BCUT2D eigenvalue weighted by Gasteiger charge is -2.32. The molecule has 2 aromatic carbocycles. The predicted octanol–water partition coefficient (Wildman–Crippen LogP) is 4.47. The summed E-state index contributed by atoms with van der Waals surface area (Å²) in [6.07, 6.45) is 4.33. The zero-order valence-electron chi connectivity index (χ0n) is 15.2. The van der Waals surface area contributed by atoms with Crippen molar-refractivity contribution in [3.8, 4) is 16.9 Å². The van der Waals surface area contributed by atoms with E-state index in [0.29, 0.717) is 11.7 Å². The molecule has 26 heavy (non-hydrogen) atoms. The molecule has 3 aromatic rings. The molecule has 0 amide bonds. The number of hydrogen-bond donors (Lipinski definition) is 2. The van der Waals surface area contributed by atoms with Gasteiger partial charge in [0.15, 0.2) is 0 Å². The van der Waals surface area contributed by atoms with E-state index in [1.807, 2.05) is 18.3 Å². The zero-order valence-corrected chi connectivity index (χ0v) is 15.2. The molecule has 134 valence electrons. The number of piperidine rings is 1. The van der Waals surface area contributed by atoms with Gasteiger partial charge in [-0.15, -0.1) is 0 Å². The number of aromatic amines is 1. The van der Waals surface area contributed by atoms with E-state index in [1.165, 1.54) is 40.8 Å². The minimum absolute atomic E-state index is 0.325. The van der Waals surface area contributed by atoms with Crippen molar-refractivity contribution in [2.45, 2.75) is 32.2 Å². The Hall–Kier alpha value is -2.59. The summed E-state index contributed by atoms with van der Waals surface area (Å²) in [5.41, 5.74) is 6.23. The van der Waals surface area contributed by atoms with Crippen LogP contribution in [0.5, 0.6) is 5.75 Å². The molecule has 0 aliphatic carbocycles. The quantitative estimate of drug-likeness (QED) is 0.732. The van der Waals surface area contributed by atoms with Crippen LogP contribution >= 0.6 is 0 Å². The summed E-state index contributed by atoms with van der Waals surface area (Å²) in [7, 11) is 0. The van der Waals surface area contributed by atoms with Crippen LogP contribution < -0.4 is 0 Å². The number of aryl methyl sites for hydroxylation is 1. The van der Waals surface area contributed by atoms with E-state index < -0.39 is 0 Å². The fourth-order valence-electron chi connectivity index (χ4n) is 3.86. The third kappa shape index (κ3) is 3.65. The molecule has 1 aliphatic rings. The Morgan fingerprint density at radius 3 is 2.65 bits per heavy atom. The molecule has 4 rings (SSSR count). The van der Waals surface area contributed by atoms with Gasteiger partial charge in [-0.05, 0) is 49.6 Å². The van der Waals surface area contributed by atoms with Crippen molar-refractivity contribution >= 4 is 0 Å². The Bertz CT molecular complexity index is 852. The number of aromatic nitrogens is 2. The van der Waals surface area contributed by atoms with Crippen molar-refractivity contribution in [3.63, 3.8) is 0 Å². The molecule has 0 unspecified atom stereocenters. The summed E-state index contributed by atoms with van der Waals surface area (Å²) in [4.78, 5) is 2.50. The fourth-order valence-corrected chi connectivity index (χ4v) is 3.86. The largest absolute Gasteiger partial charge is 0.508 e. The molecule has 1 atom stereocenters. The normalized spacial score (nSPS) is 18.1. The topological polar surface area (TPSA) is 52.2 Å². The van der Waals surface area contributed by atoms with Crippen molar-refractivity contribution in [2.75, 3.05) is 13.1 Å². The first kappa shape index (κ1) is 16.9. The van der Waals surface area contributed by atoms with E-state index in [4.69, 9.17) is 0 Å². The highest BCUT2D eigenvalue weighted by atomic mass is 16.3. The van der Waals surface area contributed by atoms with E-state index >= 15 is 0 Å². The first-order valence-corrected chi connectivity index (χ1v) is 9.29. The summed E-state index contributed by atoms with van der Waals surface area (Å²) < 4.78 is 0. The Morgan fingerprint density at radius 1 is 1.12 bits per heavy atom. The highest BCUT2D eigenvalue weighted by molar-refractivity contribution is 5.66. The lowest BCUT2D eigenvalue weighted by Crippen LogP contribution is -2.34. The third-order valence-corrected chi connectivity index (χ3v) is 5.29. The van der Waals surface area contributed by atoms with Crippen molar-refractivity contribution in [1.29, 1.82) is 0 Å². The Morgan fingerprint density at radius 2 is 1.88 bits per heavy atom. The average molecular weight is 347 g/mol. The third-order valence-electron chi connectivity index (χ3n) is 5.29. The lowest BCUT2D eigenvalue weighted by molar-refractivity contribution is 0.198. The fraction of sp³-hybridized carbons (Fsp3) is 0.318. The molecule has 1 saturated heterocycles. The Balaban J connectivity index is 1.51. The maximum absolute atomic E-state index is 9.46. The van der Waals surface area contributed by atoms with E-state index in [-0.39, 0.29) is 0 Å². The van der Waals surface area contributed by atoms with Crippen LogP contribution in [-0.4, -0.2) is 33.3 Å². The monoisotopic (exact) mass is 347 g/mol. The van der Waals surface area contributed by atoms with Crippen LogP contribution in [0.25, 0.3) is 11.1 Å². The molecule has 0 radical (unpaired) electrons. The van der Waals surface area contributed by atoms with Crippen LogP contribution in [0.1, 0.15) is 35.6 Å². The van der Waals surface area contributed by atoms with Gasteiger partial charge in [0.1, 0.15) is 5.75 Å². The number of nitrogens with zero attached hydrogens (tertiary/aromatic N) is 2. The predicted molar refractivity (Wildman–Crippen MR) is 104 cm³/mol. The van der Waals surface area contributed by atoms with Crippen molar-refractivity contribution < 1.29 is 5.11 Å². The molecule has 2 heterocycles. The molecule has 4 nitrogen and oxygen atoms in total. The SMILES string of the molecule is Cc1ccc(-c2cn[nH]c2[C@@H]2CCCN(Cc3ccc(O)cc3)C2)cc1. The van der Waals surface area contributed by atoms with Crippen LogP contribution in [0.3, 0.4) is 0 Å². The summed E-state index contributed by atoms with van der Waals surface area (Å²) in [5, 5.41) is 17.1. The number of phenols is 1. The van der Waals surface area contributed by atoms with E-state index in [1.54, 1.807) is 12.1 Å². The molecule has 0 spiro atoms. The maximum atomic E-state index is 9.46. The van der Waals surface area contributed by atoms with Crippen LogP contribution in [-0.2, 0) is 6.54 Å². The summed E-state index contributed by atoms with van der Waals surface area (Å²) in [6, 6.07) is 16.2. The highest BCUT2D eigenvalue weighted by Gasteiger charge is 2.25. The second-order valence-electron chi connectivity index (χ2n) is 7.30. The van der Waals surface area contributed by atoms with Crippen LogP contribution in [0.15, 0.2) is 54.7 Å². The van der Waals surface area contributed by atoms with Crippen LogP contribution in [0.2, 0.25) is 0 Å². The number of aromatic hydroxyl groups is 1. The molecule has 1 aromatic heterocycles. The van der Waals surface area contributed by atoms with Gasteiger partial charge in [-0.2, -0.15) is 5.10 Å².